The molecule has 136 valence electrons. The molecule has 5 nitrogen and oxygen atoms in total. The molecule has 0 aliphatic heterocycles. The fourth-order valence-corrected chi connectivity index (χ4v) is 5.68. The van der Waals surface area contributed by atoms with Gasteiger partial charge in [-0.05, 0) is 56.5 Å². The van der Waals surface area contributed by atoms with E-state index in [-0.39, 0.29) is 16.2 Å². The van der Waals surface area contributed by atoms with E-state index in [1.807, 2.05) is 6.92 Å². The molecule has 0 atom stereocenters. The van der Waals surface area contributed by atoms with Crippen LogP contribution in [-0.4, -0.2) is 15.6 Å². The van der Waals surface area contributed by atoms with E-state index in [0.29, 0.717) is 10.9 Å². The SMILES string of the molecule is Cc1cc(C(=O)Nn2c(=S)[nH]c3sc4c(c3c2=O)CCCCCC4)cs1. The van der Waals surface area contributed by atoms with E-state index in [0.717, 1.165) is 41.0 Å². The van der Waals surface area contributed by atoms with Crippen molar-refractivity contribution in [3.8, 4) is 0 Å². The van der Waals surface area contributed by atoms with Crippen LogP contribution < -0.4 is 11.0 Å². The Morgan fingerprint density at radius 3 is 2.77 bits per heavy atom. The number of thiophene rings is 2. The average Bonchev–Trinajstić information content (AvgIpc) is 3.15. The maximum atomic E-state index is 13.1. The van der Waals surface area contributed by atoms with Gasteiger partial charge in [-0.2, -0.15) is 4.68 Å². The first-order valence-corrected chi connectivity index (χ1v) is 10.8. The molecule has 3 aromatic heterocycles. The molecule has 0 unspecified atom stereocenters. The molecule has 2 N–H and O–H groups in total. The molecule has 1 aliphatic rings. The van der Waals surface area contributed by atoms with Gasteiger partial charge in [0.15, 0.2) is 0 Å². The maximum absolute atomic E-state index is 13.1. The lowest BCUT2D eigenvalue weighted by molar-refractivity contribution is 0.101. The van der Waals surface area contributed by atoms with E-state index in [2.05, 4.69) is 10.4 Å². The third kappa shape index (κ3) is 3.17. The summed E-state index contributed by atoms with van der Waals surface area (Å²) in [6.07, 6.45) is 6.60. The predicted molar refractivity (Wildman–Crippen MR) is 110 cm³/mol. The largest absolute Gasteiger partial charge is 0.322 e. The van der Waals surface area contributed by atoms with Gasteiger partial charge in [0.05, 0.1) is 10.9 Å². The van der Waals surface area contributed by atoms with Crippen LogP contribution in [0.2, 0.25) is 0 Å². The monoisotopic (exact) mass is 405 g/mol. The van der Waals surface area contributed by atoms with Crippen LogP contribution in [0.3, 0.4) is 0 Å². The van der Waals surface area contributed by atoms with Gasteiger partial charge in [-0.3, -0.25) is 15.0 Å². The summed E-state index contributed by atoms with van der Waals surface area (Å²) in [5, 5.41) is 2.46. The Hall–Kier alpha value is -1.77. The van der Waals surface area contributed by atoms with E-state index < -0.39 is 0 Å². The standard InChI is InChI=1S/C18H19N3O2S3/c1-10-8-11(9-25-10)15(22)20-21-17(23)14-12-6-4-2-3-5-7-13(12)26-16(14)19-18(21)24/h8-9H,2-7H2,1H3,(H,19,24)(H,20,22). The van der Waals surface area contributed by atoms with Crippen LogP contribution >= 0.6 is 34.9 Å². The Kier molecular flexibility index (Phi) is 4.81. The number of carbonyl (C=O) groups excluding carboxylic acids is 1. The molecule has 26 heavy (non-hydrogen) atoms. The molecule has 0 saturated carbocycles. The fraction of sp³-hybridized carbons (Fsp3) is 0.389. The Labute approximate surface area is 163 Å². The van der Waals surface area contributed by atoms with Gasteiger partial charge in [-0.15, -0.1) is 22.7 Å². The van der Waals surface area contributed by atoms with Gasteiger partial charge >= 0.3 is 0 Å². The number of H-pyrrole nitrogens is 1. The first kappa shape index (κ1) is 17.6. The molecule has 0 fully saturated rings. The topological polar surface area (TPSA) is 66.9 Å². The number of fused-ring (bicyclic) bond motifs is 3. The lowest BCUT2D eigenvalue weighted by Crippen LogP contribution is -2.34. The van der Waals surface area contributed by atoms with Crippen LogP contribution in [0.1, 0.15) is 51.4 Å². The molecule has 3 aromatic rings. The Bertz CT molecular complexity index is 1100. The normalized spacial score (nSPS) is 14.7. The van der Waals surface area contributed by atoms with Crippen molar-refractivity contribution in [2.45, 2.75) is 45.4 Å². The van der Waals surface area contributed by atoms with E-state index in [1.165, 1.54) is 33.7 Å². The highest BCUT2D eigenvalue weighted by atomic mass is 32.1. The minimum absolute atomic E-state index is 0.219. The molecule has 4 rings (SSSR count). The highest BCUT2D eigenvalue weighted by molar-refractivity contribution is 7.71. The number of hydrogen-bond acceptors (Lipinski definition) is 5. The smallest absolute Gasteiger partial charge is 0.282 e. The van der Waals surface area contributed by atoms with Crippen LogP contribution in [0.15, 0.2) is 16.2 Å². The van der Waals surface area contributed by atoms with Crippen molar-refractivity contribution in [2.75, 3.05) is 5.43 Å². The first-order valence-electron chi connectivity index (χ1n) is 8.70. The van der Waals surface area contributed by atoms with Gasteiger partial charge in [0.25, 0.3) is 11.5 Å². The number of aromatic amines is 1. The quantitative estimate of drug-likeness (QED) is 0.616. The van der Waals surface area contributed by atoms with Gasteiger partial charge in [0, 0.05) is 15.1 Å². The molecule has 3 heterocycles. The third-order valence-corrected chi connectivity index (χ3v) is 7.07. The van der Waals surface area contributed by atoms with Crippen LogP contribution in [0.4, 0.5) is 0 Å². The van der Waals surface area contributed by atoms with Crippen LogP contribution in [-0.2, 0) is 12.8 Å². The molecule has 1 amide bonds. The zero-order valence-corrected chi connectivity index (χ0v) is 16.8. The molecule has 0 bridgehead atoms. The van der Waals surface area contributed by atoms with E-state index in [1.54, 1.807) is 22.8 Å². The Balaban J connectivity index is 1.80. The number of rotatable bonds is 2. The molecule has 0 aromatic carbocycles. The molecule has 0 saturated heterocycles. The number of amides is 1. The summed E-state index contributed by atoms with van der Waals surface area (Å²) in [6.45, 7) is 1.94. The summed E-state index contributed by atoms with van der Waals surface area (Å²) in [7, 11) is 0. The van der Waals surface area contributed by atoms with Gasteiger partial charge in [0.1, 0.15) is 4.83 Å². The highest BCUT2D eigenvalue weighted by Gasteiger charge is 2.20. The molecular formula is C18H19N3O2S3. The van der Waals surface area contributed by atoms with Crippen molar-refractivity contribution in [1.82, 2.24) is 9.66 Å². The number of aromatic nitrogens is 2. The van der Waals surface area contributed by atoms with Gasteiger partial charge in [-0.1, -0.05) is 12.8 Å². The Morgan fingerprint density at radius 2 is 2.04 bits per heavy atom. The van der Waals surface area contributed by atoms with Crippen molar-refractivity contribution in [3.63, 3.8) is 0 Å². The molecule has 8 heteroatoms. The van der Waals surface area contributed by atoms with Crippen LogP contribution in [0.25, 0.3) is 10.2 Å². The number of hydrogen-bond donors (Lipinski definition) is 2. The summed E-state index contributed by atoms with van der Waals surface area (Å²) in [5.41, 5.74) is 4.10. The summed E-state index contributed by atoms with van der Waals surface area (Å²) in [6, 6.07) is 1.80. The molecular weight excluding hydrogens is 386 g/mol. The van der Waals surface area contributed by atoms with Crippen molar-refractivity contribution in [2.24, 2.45) is 0 Å². The highest BCUT2D eigenvalue weighted by Crippen LogP contribution is 2.32. The zero-order chi connectivity index (χ0) is 18.3. The number of aryl methyl sites for hydroxylation is 3. The zero-order valence-electron chi connectivity index (χ0n) is 14.4. The van der Waals surface area contributed by atoms with Crippen molar-refractivity contribution < 1.29 is 4.79 Å². The summed E-state index contributed by atoms with van der Waals surface area (Å²) < 4.78 is 1.40. The van der Waals surface area contributed by atoms with E-state index >= 15 is 0 Å². The minimum atomic E-state index is -0.326. The third-order valence-electron chi connectivity index (χ3n) is 4.72. The number of nitrogens with zero attached hydrogens (tertiary/aromatic N) is 1. The average molecular weight is 406 g/mol. The first-order chi connectivity index (χ1) is 12.5. The lowest BCUT2D eigenvalue weighted by atomic mass is 9.98. The maximum Gasteiger partial charge on any atom is 0.282 e. The molecule has 1 aliphatic carbocycles. The van der Waals surface area contributed by atoms with Crippen molar-refractivity contribution in [1.29, 1.82) is 0 Å². The second kappa shape index (κ2) is 7.09. The van der Waals surface area contributed by atoms with Crippen molar-refractivity contribution >= 4 is 51.0 Å². The van der Waals surface area contributed by atoms with E-state index in [4.69, 9.17) is 12.2 Å². The summed E-state index contributed by atoms with van der Waals surface area (Å²) >= 11 is 8.47. The van der Waals surface area contributed by atoms with Gasteiger partial charge < -0.3 is 4.98 Å². The van der Waals surface area contributed by atoms with Gasteiger partial charge in [0.2, 0.25) is 4.77 Å². The summed E-state index contributed by atoms with van der Waals surface area (Å²) in [5.74, 6) is -0.326. The van der Waals surface area contributed by atoms with E-state index in [9.17, 15) is 9.59 Å². The van der Waals surface area contributed by atoms with Crippen molar-refractivity contribution in [3.05, 3.63) is 47.5 Å². The minimum Gasteiger partial charge on any atom is -0.322 e. The molecule has 0 spiro atoms. The Morgan fingerprint density at radius 1 is 1.27 bits per heavy atom. The van der Waals surface area contributed by atoms with Crippen LogP contribution in [0.5, 0.6) is 0 Å². The predicted octanol–water partition coefficient (Wildman–Crippen LogP) is 4.53. The fourth-order valence-electron chi connectivity index (χ4n) is 3.42. The summed E-state index contributed by atoms with van der Waals surface area (Å²) in [4.78, 5) is 31.9. The second-order valence-corrected chi connectivity index (χ2v) is 9.19. The van der Waals surface area contributed by atoms with Gasteiger partial charge in [-0.25, -0.2) is 0 Å². The molecule has 0 radical (unpaired) electrons. The number of nitrogens with one attached hydrogen (secondary N) is 2. The number of carbonyl (C=O) groups is 1. The second-order valence-electron chi connectivity index (χ2n) is 6.58. The van der Waals surface area contributed by atoms with Crippen LogP contribution in [0, 0.1) is 11.7 Å². The lowest BCUT2D eigenvalue weighted by Gasteiger charge is -2.10.